The quantitative estimate of drug-likeness (QED) is 0.563. The minimum Gasteiger partial charge on any atom is -0.332 e. The molecular formula is C2H6BCl4NSi. The van der Waals surface area contributed by atoms with Crippen molar-refractivity contribution in [1.29, 1.82) is 0 Å². The first-order valence-electron chi connectivity index (χ1n) is 2.27. The van der Waals surface area contributed by atoms with Crippen LogP contribution in [0.1, 0.15) is 0 Å². The third kappa shape index (κ3) is 3.96. The maximum Gasteiger partial charge on any atom is 0.367 e. The molecule has 54 valence electrons. The van der Waals surface area contributed by atoms with E-state index in [1.165, 1.54) is 0 Å². The van der Waals surface area contributed by atoms with Gasteiger partial charge in [0.25, 0.3) is 6.69 Å². The van der Waals surface area contributed by atoms with E-state index in [9.17, 15) is 0 Å². The summed E-state index contributed by atoms with van der Waals surface area (Å²) in [5.41, 5.74) is 4.28. The normalized spacial score (nSPS) is 15.3. The lowest BCUT2D eigenvalue weighted by Gasteiger charge is -2.17. The smallest absolute Gasteiger partial charge is 0.332 e. The molecule has 0 aromatic carbocycles. The molecule has 0 aromatic heterocycles. The SMILES string of the molecule is C[Si](Cl)(Cl)C(N)B(Cl)Cl. The Labute approximate surface area is 75.1 Å². The Hall–Kier alpha value is 1.40. The van der Waals surface area contributed by atoms with Gasteiger partial charge in [0.2, 0.25) is 0 Å². The zero-order chi connectivity index (χ0) is 7.65. The lowest BCUT2D eigenvalue weighted by atomic mass is 10.1. The minimum atomic E-state index is -2.37. The van der Waals surface area contributed by atoms with E-state index in [4.69, 9.17) is 50.8 Å². The molecule has 0 fully saturated rings. The van der Waals surface area contributed by atoms with E-state index in [0.29, 0.717) is 0 Å². The van der Waals surface area contributed by atoms with Crippen molar-refractivity contribution in [1.82, 2.24) is 0 Å². The van der Waals surface area contributed by atoms with Gasteiger partial charge in [-0.2, -0.15) is 22.9 Å². The van der Waals surface area contributed by atoms with Crippen LogP contribution >= 0.6 is 45.1 Å². The number of hydrogen-bond donors (Lipinski definition) is 1. The van der Waals surface area contributed by atoms with Crippen molar-refractivity contribution in [3.63, 3.8) is 0 Å². The zero-order valence-electron chi connectivity index (χ0n) is 4.74. The van der Waals surface area contributed by atoms with Gasteiger partial charge in [0.05, 0.1) is 0 Å². The number of hydrogen-bond acceptors (Lipinski definition) is 1. The Morgan fingerprint density at radius 3 is 1.78 bits per heavy atom. The number of nitrogens with two attached hydrogens (primary N) is 1. The van der Waals surface area contributed by atoms with Gasteiger partial charge in [-0.25, -0.2) is 0 Å². The van der Waals surface area contributed by atoms with Crippen molar-refractivity contribution in [3.8, 4) is 0 Å². The van der Waals surface area contributed by atoms with Crippen molar-refractivity contribution in [2.45, 2.75) is 12.1 Å². The molecule has 0 aliphatic heterocycles. The molecule has 0 rings (SSSR count). The highest BCUT2D eigenvalue weighted by atomic mass is 35.7. The Morgan fingerprint density at radius 2 is 1.78 bits per heavy atom. The molecule has 0 saturated heterocycles. The molecule has 1 nitrogen and oxygen atoms in total. The third-order valence-corrected chi connectivity index (χ3v) is 4.84. The summed E-state index contributed by atoms with van der Waals surface area (Å²) in [6.45, 7) is -0.686. The molecule has 1 unspecified atom stereocenters. The first-order chi connectivity index (χ1) is 3.85. The Balaban J connectivity index is 3.88. The molecule has 0 spiro atoms. The van der Waals surface area contributed by atoms with Gasteiger partial charge in [-0.05, 0) is 6.55 Å². The van der Waals surface area contributed by atoms with Crippen molar-refractivity contribution in [2.24, 2.45) is 5.73 Å². The fourth-order valence-corrected chi connectivity index (χ4v) is 3.71. The number of halogens is 4. The zero-order valence-corrected chi connectivity index (χ0v) is 8.77. The van der Waals surface area contributed by atoms with Crippen molar-refractivity contribution >= 4 is 57.3 Å². The van der Waals surface area contributed by atoms with E-state index >= 15 is 0 Å². The van der Waals surface area contributed by atoms with Crippen LogP contribution in [0, 0.1) is 0 Å². The maximum absolute atomic E-state index is 5.69. The average molecular weight is 225 g/mol. The summed E-state index contributed by atoms with van der Waals surface area (Å²) >= 11 is 22.2. The monoisotopic (exact) mass is 223 g/mol. The van der Waals surface area contributed by atoms with Crippen molar-refractivity contribution < 1.29 is 0 Å². The van der Waals surface area contributed by atoms with E-state index in [0.717, 1.165) is 0 Å². The molecule has 0 bridgehead atoms. The van der Waals surface area contributed by atoms with Crippen LogP contribution in [0.2, 0.25) is 6.55 Å². The van der Waals surface area contributed by atoms with Crippen molar-refractivity contribution in [2.75, 3.05) is 0 Å². The van der Waals surface area contributed by atoms with Gasteiger partial charge < -0.3 is 5.73 Å². The summed E-state index contributed by atoms with van der Waals surface area (Å²) < 4.78 is 0. The molecule has 0 aliphatic carbocycles. The van der Waals surface area contributed by atoms with Gasteiger partial charge in [-0.15, -0.1) is 22.2 Å². The van der Waals surface area contributed by atoms with E-state index in [1.807, 2.05) is 0 Å². The summed E-state index contributed by atoms with van der Waals surface area (Å²) in [5.74, 6) is 0. The summed E-state index contributed by atoms with van der Waals surface area (Å²) in [6.07, 6.45) is 0. The first-order valence-corrected chi connectivity index (χ1v) is 7.74. The summed E-state index contributed by atoms with van der Waals surface area (Å²) in [5, 5.41) is 0. The topological polar surface area (TPSA) is 26.0 Å². The second-order valence-electron chi connectivity index (χ2n) is 1.82. The van der Waals surface area contributed by atoms with Crippen molar-refractivity contribution in [3.05, 3.63) is 0 Å². The second kappa shape index (κ2) is 3.70. The first kappa shape index (κ1) is 10.4. The highest BCUT2D eigenvalue weighted by Crippen LogP contribution is 2.21. The van der Waals surface area contributed by atoms with Gasteiger partial charge in [0, 0.05) is 5.56 Å². The molecule has 0 heterocycles. The molecule has 0 saturated carbocycles. The summed E-state index contributed by atoms with van der Waals surface area (Å²) in [6, 6.07) is 0. The maximum atomic E-state index is 5.69. The van der Waals surface area contributed by atoms with E-state index < -0.39 is 17.8 Å². The Kier molecular flexibility index (Phi) is 4.27. The van der Waals surface area contributed by atoms with Gasteiger partial charge in [-0.3, -0.25) is 0 Å². The highest BCUT2D eigenvalue weighted by molar-refractivity contribution is 7.52. The predicted molar refractivity (Wildman–Crippen MR) is 48.8 cm³/mol. The molecule has 2 N–H and O–H groups in total. The average Bonchev–Trinajstić information content (AvgIpc) is 1.62. The molecule has 0 radical (unpaired) electrons. The second-order valence-corrected chi connectivity index (χ2v) is 10.9. The van der Waals surface area contributed by atoms with Crippen LogP contribution in [0.15, 0.2) is 0 Å². The molecule has 7 heteroatoms. The summed E-state index contributed by atoms with van der Waals surface area (Å²) in [7, 11) is 0. The van der Waals surface area contributed by atoms with Crippen LogP contribution in [0.3, 0.4) is 0 Å². The van der Waals surface area contributed by atoms with Crippen LogP contribution in [0.25, 0.3) is 0 Å². The van der Waals surface area contributed by atoms with Gasteiger partial charge in [0.1, 0.15) is 0 Å². The van der Waals surface area contributed by atoms with E-state index in [1.54, 1.807) is 6.55 Å². The van der Waals surface area contributed by atoms with Crippen LogP contribution in [-0.2, 0) is 0 Å². The van der Waals surface area contributed by atoms with Crippen LogP contribution < -0.4 is 5.73 Å². The molecule has 0 aromatic rings. The van der Waals surface area contributed by atoms with E-state index in [-0.39, 0.29) is 0 Å². The standard InChI is InChI=1S/C2H6BCl4NSi/c1-9(6,7)2(8)3(4)5/h2H,8H2,1H3. The minimum absolute atomic E-state index is 0.482. The van der Waals surface area contributed by atoms with E-state index in [2.05, 4.69) is 0 Å². The lowest BCUT2D eigenvalue weighted by Crippen LogP contribution is -2.48. The number of rotatable bonds is 2. The largest absolute Gasteiger partial charge is 0.367 e. The molecular weight excluding hydrogens is 219 g/mol. The van der Waals surface area contributed by atoms with Crippen LogP contribution in [0.4, 0.5) is 0 Å². The van der Waals surface area contributed by atoms with Gasteiger partial charge in [0.15, 0.2) is 0 Å². The van der Waals surface area contributed by atoms with Crippen LogP contribution in [-0.4, -0.2) is 17.8 Å². The lowest BCUT2D eigenvalue weighted by molar-refractivity contribution is 1.23. The molecule has 1 atom stereocenters. The van der Waals surface area contributed by atoms with Gasteiger partial charge in [-0.1, -0.05) is 0 Å². The Bertz CT molecular complexity index is 93.1. The highest BCUT2D eigenvalue weighted by Gasteiger charge is 2.37. The summed E-state index contributed by atoms with van der Waals surface area (Å²) in [4.78, 5) is 0. The van der Waals surface area contributed by atoms with Gasteiger partial charge >= 0.3 is 5.54 Å². The third-order valence-electron chi connectivity index (χ3n) is 0.857. The Morgan fingerprint density at radius 1 is 1.44 bits per heavy atom. The predicted octanol–water partition coefficient (Wildman–Crippen LogP) is 1.91. The molecule has 9 heavy (non-hydrogen) atoms. The fraction of sp³-hybridized carbons (Fsp3) is 1.00. The molecule has 0 aliphatic rings. The molecule has 0 amide bonds. The van der Waals surface area contributed by atoms with Crippen LogP contribution in [0.5, 0.6) is 0 Å². The fourth-order valence-electron chi connectivity index (χ4n) is 0.221.